The molecule has 56 heavy (non-hydrogen) atoms. The van der Waals surface area contributed by atoms with Crippen LogP contribution in [0.2, 0.25) is 0 Å². The van der Waals surface area contributed by atoms with Crippen molar-refractivity contribution in [3.05, 3.63) is 188 Å². The van der Waals surface area contributed by atoms with E-state index < -0.39 is 0 Å². The molecule has 9 aromatic carbocycles. The first-order valence-electron chi connectivity index (χ1n) is 18.9. The molecule has 0 aliphatic heterocycles. The Morgan fingerprint density at radius 3 is 1.54 bits per heavy atom. The van der Waals surface area contributed by atoms with Crippen molar-refractivity contribution in [1.82, 2.24) is 0 Å². The summed E-state index contributed by atoms with van der Waals surface area (Å²) in [5.74, 6) is 0. The molecule has 0 fully saturated rings. The predicted molar refractivity (Wildman–Crippen MR) is 231 cm³/mol. The third-order valence-corrected chi connectivity index (χ3v) is 11.2. The van der Waals surface area contributed by atoms with E-state index in [1.54, 1.807) is 0 Å². The summed E-state index contributed by atoms with van der Waals surface area (Å²) in [5.41, 5.74) is 12.7. The van der Waals surface area contributed by atoms with E-state index in [4.69, 9.17) is 13.3 Å². The molecule has 262 valence electrons. The molecule has 12 rings (SSSR count). The van der Waals surface area contributed by atoms with Gasteiger partial charge in [0.25, 0.3) is 0 Å². The summed E-state index contributed by atoms with van der Waals surface area (Å²) < 4.78 is 19.5. The van der Waals surface area contributed by atoms with Crippen molar-refractivity contribution in [2.24, 2.45) is 0 Å². The first kappa shape index (κ1) is 30.9. The summed E-state index contributed by atoms with van der Waals surface area (Å²) >= 11 is 0. The number of hydrogen-bond acceptors (Lipinski definition) is 4. The molecule has 4 nitrogen and oxygen atoms in total. The van der Waals surface area contributed by atoms with E-state index in [1.807, 2.05) is 12.1 Å². The largest absolute Gasteiger partial charge is 0.456 e. The Morgan fingerprint density at radius 2 is 0.804 bits per heavy atom. The van der Waals surface area contributed by atoms with Crippen LogP contribution >= 0.6 is 0 Å². The first-order chi connectivity index (χ1) is 27.7. The van der Waals surface area contributed by atoms with Crippen LogP contribution in [0.4, 0.5) is 17.1 Å². The summed E-state index contributed by atoms with van der Waals surface area (Å²) in [6.07, 6.45) is 0. The van der Waals surface area contributed by atoms with E-state index in [0.29, 0.717) is 0 Å². The van der Waals surface area contributed by atoms with Crippen LogP contribution in [0.3, 0.4) is 0 Å². The summed E-state index contributed by atoms with van der Waals surface area (Å²) in [5, 5.41) is 8.92. The van der Waals surface area contributed by atoms with Crippen LogP contribution in [-0.2, 0) is 0 Å². The normalized spacial score (nSPS) is 11.9. The zero-order valence-corrected chi connectivity index (χ0v) is 30.1. The molecule has 0 aliphatic rings. The van der Waals surface area contributed by atoms with Crippen LogP contribution in [0, 0.1) is 0 Å². The van der Waals surface area contributed by atoms with E-state index in [0.717, 1.165) is 105 Å². The maximum atomic E-state index is 6.71. The second kappa shape index (κ2) is 12.0. The minimum Gasteiger partial charge on any atom is -0.456 e. The van der Waals surface area contributed by atoms with Gasteiger partial charge in [0.1, 0.15) is 33.5 Å². The highest BCUT2D eigenvalue weighted by atomic mass is 16.3. The Kier molecular flexibility index (Phi) is 6.60. The molecule has 4 heteroatoms. The summed E-state index contributed by atoms with van der Waals surface area (Å²) in [7, 11) is 0. The molecule has 0 aliphatic carbocycles. The Balaban J connectivity index is 0.984. The van der Waals surface area contributed by atoms with Gasteiger partial charge in [-0.05, 0) is 94.7 Å². The summed E-state index contributed by atoms with van der Waals surface area (Å²) in [4.78, 5) is 2.31. The lowest BCUT2D eigenvalue weighted by Crippen LogP contribution is -2.09. The van der Waals surface area contributed by atoms with Crippen molar-refractivity contribution in [2.75, 3.05) is 4.90 Å². The molecular formula is C52H31NO3. The molecule has 0 amide bonds. The van der Waals surface area contributed by atoms with Gasteiger partial charge in [0.05, 0.1) is 0 Å². The predicted octanol–water partition coefficient (Wildman–Crippen LogP) is 15.3. The molecular weight excluding hydrogens is 687 g/mol. The van der Waals surface area contributed by atoms with Crippen molar-refractivity contribution in [1.29, 1.82) is 0 Å². The molecule has 3 heterocycles. The number of furan rings is 3. The highest BCUT2D eigenvalue weighted by molar-refractivity contribution is 6.14. The molecule has 0 saturated carbocycles. The standard InChI is InChI=1S/C52H31NO3/c1-2-12-36(13-3-1)53(37-23-20-32-10-4-5-11-33(32)28-37)38-24-27-50-46(31-38)43-18-9-16-40(52(43)56-50)35-22-26-49-45(30-35)44-29-34(21-25-48(44)54-49)39-15-8-17-42-41-14-6-7-19-47(41)55-51(39)42/h1-31H. The maximum Gasteiger partial charge on any atom is 0.143 e. The number of benzene rings is 9. The molecule has 0 bridgehead atoms. The van der Waals surface area contributed by atoms with Gasteiger partial charge in [-0.25, -0.2) is 0 Å². The fourth-order valence-electron chi connectivity index (χ4n) is 8.58. The second-order valence-electron chi connectivity index (χ2n) is 14.5. The second-order valence-corrected chi connectivity index (χ2v) is 14.5. The van der Waals surface area contributed by atoms with Crippen molar-refractivity contribution >= 4 is 93.7 Å². The van der Waals surface area contributed by atoms with Crippen LogP contribution in [0.5, 0.6) is 0 Å². The van der Waals surface area contributed by atoms with Gasteiger partial charge in [0.15, 0.2) is 0 Å². The lowest BCUT2D eigenvalue weighted by atomic mass is 9.98. The van der Waals surface area contributed by atoms with Crippen LogP contribution < -0.4 is 4.90 Å². The van der Waals surface area contributed by atoms with E-state index >= 15 is 0 Å². The van der Waals surface area contributed by atoms with Crippen LogP contribution in [0.15, 0.2) is 201 Å². The molecule has 0 N–H and O–H groups in total. The van der Waals surface area contributed by atoms with Crippen LogP contribution in [0.25, 0.3) is 98.8 Å². The molecule has 0 radical (unpaired) electrons. The van der Waals surface area contributed by atoms with Crippen LogP contribution in [-0.4, -0.2) is 0 Å². The third kappa shape index (κ3) is 4.73. The summed E-state index contributed by atoms with van der Waals surface area (Å²) in [6, 6.07) is 66.1. The van der Waals surface area contributed by atoms with Gasteiger partial charge < -0.3 is 18.2 Å². The smallest absolute Gasteiger partial charge is 0.143 e. The van der Waals surface area contributed by atoms with E-state index in [1.165, 1.54) is 10.8 Å². The van der Waals surface area contributed by atoms with Crippen molar-refractivity contribution in [3.8, 4) is 22.3 Å². The summed E-state index contributed by atoms with van der Waals surface area (Å²) in [6.45, 7) is 0. The van der Waals surface area contributed by atoms with Gasteiger partial charge in [-0.3, -0.25) is 0 Å². The topological polar surface area (TPSA) is 42.7 Å². The van der Waals surface area contributed by atoms with E-state index in [2.05, 4.69) is 181 Å². The average molecular weight is 718 g/mol. The minimum atomic E-state index is 0.846. The zero-order valence-electron chi connectivity index (χ0n) is 30.1. The number of hydrogen-bond donors (Lipinski definition) is 0. The fraction of sp³-hybridized carbons (Fsp3) is 0. The monoisotopic (exact) mass is 717 g/mol. The lowest BCUT2D eigenvalue weighted by Gasteiger charge is -2.25. The Morgan fingerprint density at radius 1 is 0.286 bits per heavy atom. The number of nitrogens with zero attached hydrogens (tertiary/aromatic N) is 1. The fourth-order valence-corrected chi connectivity index (χ4v) is 8.58. The van der Waals surface area contributed by atoms with E-state index in [-0.39, 0.29) is 0 Å². The highest BCUT2D eigenvalue weighted by Gasteiger charge is 2.19. The van der Waals surface area contributed by atoms with Gasteiger partial charge in [-0.1, -0.05) is 115 Å². The number of anilines is 3. The molecule has 0 spiro atoms. The Labute approximate surface area is 321 Å². The van der Waals surface area contributed by atoms with E-state index in [9.17, 15) is 0 Å². The Hall–Kier alpha value is -7.56. The first-order valence-corrected chi connectivity index (χ1v) is 18.9. The van der Waals surface area contributed by atoms with Gasteiger partial charge >= 0.3 is 0 Å². The molecule has 0 unspecified atom stereocenters. The van der Waals surface area contributed by atoms with Crippen LogP contribution in [0.1, 0.15) is 0 Å². The van der Waals surface area contributed by atoms with Crippen molar-refractivity contribution in [3.63, 3.8) is 0 Å². The Bertz CT molecular complexity index is 3500. The molecule has 0 saturated heterocycles. The third-order valence-electron chi connectivity index (χ3n) is 11.2. The van der Waals surface area contributed by atoms with Gasteiger partial charge in [-0.15, -0.1) is 0 Å². The zero-order chi connectivity index (χ0) is 36.7. The average Bonchev–Trinajstić information content (AvgIpc) is 3.95. The van der Waals surface area contributed by atoms with Gasteiger partial charge in [0.2, 0.25) is 0 Å². The SMILES string of the molecule is c1ccc(N(c2ccc3ccccc3c2)c2ccc3oc4c(-c5ccc6oc7ccc(-c8cccc9c8oc8ccccc89)cc7c6c5)cccc4c3c2)cc1. The number of rotatable bonds is 5. The van der Waals surface area contributed by atoms with Gasteiger partial charge in [-0.2, -0.15) is 0 Å². The lowest BCUT2D eigenvalue weighted by molar-refractivity contribution is 0.668. The maximum absolute atomic E-state index is 6.71. The van der Waals surface area contributed by atoms with Crippen molar-refractivity contribution < 1.29 is 13.3 Å². The van der Waals surface area contributed by atoms with Gasteiger partial charge in [0, 0.05) is 60.5 Å². The number of para-hydroxylation sites is 4. The minimum absolute atomic E-state index is 0.846. The highest BCUT2D eigenvalue weighted by Crippen LogP contribution is 2.43. The molecule has 3 aromatic heterocycles. The number of fused-ring (bicyclic) bond motifs is 10. The molecule has 0 atom stereocenters. The molecule has 12 aromatic rings. The quantitative estimate of drug-likeness (QED) is 0.178. The van der Waals surface area contributed by atoms with Crippen molar-refractivity contribution in [2.45, 2.75) is 0 Å².